The lowest BCUT2D eigenvalue weighted by atomic mass is 9.90. The van der Waals surface area contributed by atoms with Crippen molar-refractivity contribution in [2.45, 2.75) is 38.6 Å². The molecular formula is C27H24FN5OS. The molecule has 3 aromatic rings. The minimum atomic E-state index is -0.431. The SMILES string of the molecule is N=C1C(=Cc2cn(Cc3ccccc3F)c3ccccc23)C(=O)N=C2SC(C3CCCCC3)=NN12. The number of hydrazone groups is 1. The molecule has 6 rings (SSSR count). The molecule has 1 aromatic heterocycles. The van der Waals surface area contributed by atoms with E-state index in [1.54, 1.807) is 18.2 Å². The number of halogens is 1. The van der Waals surface area contributed by atoms with Gasteiger partial charge >= 0.3 is 0 Å². The number of fused-ring (bicyclic) bond motifs is 2. The van der Waals surface area contributed by atoms with Crippen molar-refractivity contribution in [1.29, 1.82) is 5.41 Å². The Bertz CT molecular complexity index is 1450. The Hall–Kier alpha value is -3.52. The number of aliphatic imine (C=N–C) groups is 1. The lowest BCUT2D eigenvalue weighted by Crippen LogP contribution is -2.35. The Morgan fingerprint density at radius 2 is 1.86 bits per heavy atom. The van der Waals surface area contributed by atoms with Crippen molar-refractivity contribution in [1.82, 2.24) is 9.58 Å². The van der Waals surface area contributed by atoms with E-state index in [-0.39, 0.29) is 17.2 Å². The van der Waals surface area contributed by atoms with Gasteiger partial charge in [-0.05, 0) is 42.8 Å². The largest absolute Gasteiger partial charge is 0.342 e. The number of nitrogens with zero attached hydrogens (tertiary/aromatic N) is 4. The second-order valence-corrected chi connectivity index (χ2v) is 10.1. The number of hydrogen-bond acceptors (Lipinski definition) is 4. The highest BCUT2D eigenvalue weighted by Crippen LogP contribution is 2.36. The standard InChI is InChI=1S/C27H24FN5OS/c28-22-12-6-4-10-18(22)15-32-16-19(20-11-5-7-13-23(20)32)14-21-24(29)33-27(30-25(21)34)35-26(31-33)17-8-2-1-3-9-17/h4-7,10-14,16-17,29H,1-3,8-9,15H2. The number of hydrogen-bond donors (Lipinski definition) is 1. The van der Waals surface area contributed by atoms with Gasteiger partial charge < -0.3 is 4.57 Å². The Balaban J connectivity index is 1.35. The zero-order chi connectivity index (χ0) is 23.9. The molecule has 3 heterocycles. The molecule has 8 heteroatoms. The molecule has 2 aliphatic heterocycles. The second-order valence-electron chi connectivity index (χ2n) is 9.11. The highest BCUT2D eigenvalue weighted by molar-refractivity contribution is 8.27. The quantitative estimate of drug-likeness (QED) is 0.459. The van der Waals surface area contributed by atoms with E-state index in [9.17, 15) is 9.18 Å². The summed E-state index contributed by atoms with van der Waals surface area (Å²) in [6.45, 7) is 0.363. The number of carbonyl (C=O) groups is 1. The molecule has 2 aromatic carbocycles. The predicted octanol–water partition coefficient (Wildman–Crippen LogP) is 6.03. The van der Waals surface area contributed by atoms with Crippen molar-refractivity contribution >= 4 is 50.7 Å². The van der Waals surface area contributed by atoms with Gasteiger partial charge in [-0.1, -0.05) is 55.7 Å². The van der Waals surface area contributed by atoms with Gasteiger partial charge in [0.15, 0.2) is 5.84 Å². The molecule has 0 atom stereocenters. The Kier molecular flexibility index (Phi) is 5.60. The first-order valence-electron chi connectivity index (χ1n) is 11.9. The summed E-state index contributed by atoms with van der Waals surface area (Å²) in [5.41, 5.74) is 2.50. The summed E-state index contributed by atoms with van der Waals surface area (Å²) in [7, 11) is 0. The van der Waals surface area contributed by atoms with Gasteiger partial charge in [-0.25, -0.2) is 4.39 Å². The van der Waals surface area contributed by atoms with E-state index in [0.29, 0.717) is 23.2 Å². The lowest BCUT2D eigenvalue weighted by molar-refractivity contribution is -0.114. The topological polar surface area (TPSA) is 73.8 Å². The molecular weight excluding hydrogens is 461 g/mol. The fourth-order valence-electron chi connectivity index (χ4n) is 5.01. The van der Waals surface area contributed by atoms with Gasteiger partial charge in [0.25, 0.3) is 5.91 Å². The van der Waals surface area contributed by atoms with Crippen LogP contribution < -0.4 is 0 Å². The maximum atomic E-state index is 14.3. The molecule has 6 nitrogen and oxygen atoms in total. The minimum Gasteiger partial charge on any atom is -0.342 e. The van der Waals surface area contributed by atoms with Gasteiger partial charge in [0.1, 0.15) is 10.9 Å². The van der Waals surface area contributed by atoms with Crippen LogP contribution in [0.4, 0.5) is 4.39 Å². The summed E-state index contributed by atoms with van der Waals surface area (Å²) in [5.74, 6) is -0.257. The van der Waals surface area contributed by atoms with Crippen LogP contribution in [0, 0.1) is 17.1 Å². The molecule has 176 valence electrons. The Morgan fingerprint density at radius 3 is 2.69 bits per heavy atom. The average molecular weight is 486 g/mol. The summed E-state index contributed by atoms with van der Waals surface area (Å²) in [5, 5.41) is 17.3. The first-order chi connectivity index (χ1) is 17.1. The van der Waals surface area contributed by atoms with E-state index in [2.05, 4.69) is 4.99 Å². The van der Waals surface area contributed by atoms with Gasteiger partial charge in [-0.15, -0.1) is 0 Å². The van der Waals surface area contributed by atoms with E-state index < -0.39 is 5.91 Å². The van der Waals surface area contributed by atoms with Crippen molar-refractivity contribution < 1.29 is 9.18 Å². The van der Waals surface area contributed by atoms with Crippen molar-refractivity contribution in [2.75, 3.05) is 0 Å². The van der Waals surface area contributed by atoms with Crippen LogP contribution in [-0.4, -0.2) is 31.5 Å². The smallest absolute Gasteiger partial charge is 0.283 e. The third-order valence-electron chi connectivity index (χ3n) is 6.84. The van der Waals surface area contributed by atoms with Gasteiger partial charge in [0.2, 0.25) is 5.17 Å². The van der Waals surface area contributed by atoms with E-state index >= 15 is 0 Å². The maximum absolute atomic E-state index is 14.3. The lowest BCUT2D eigenvalue weighted by Gasteiger charge is -2.20. The number of amidine groups is 2. The molecule has 1 fully saturated rings. The van der Waals surface area contributed by atoms with Gasteiger partial charge in [-0.3, -0.25) is 10.2 Å². The van der Waals surface area contributed by atoms with Crippen LogP contribution in [-0.2, 0) is 11.3 Å². The normalized spacial score (nSPS) is 19.9. The third-order valence-corrected chi connectivity index (χ3v) is 7.91. The number of aromatic nitrogens is 1. The van der Waals surface area contributed by atoms with Crippen LogP contribution >= 0.6 is 11.8 Å². The van der Waals surface area contributed by atoms with Crippen molar-refractivity contribution in [3.05, 3.63) is 77.2 Å². The molecule has 0 unspecified atom stereocenters. The first-order valence-corrected chi connectivity index (χ1v) is 12.7. The monoisotopic (exact) mass is 485 g/mol. The molecule has 35 heavy (non-hydrogen) atoms. The number of para-hydroxylation sites is 1. The molecule has 0 bridgehead atoms. The van der Waals surface area contributed by atoms with Crippen LogP contribution in [0.15, 0.2) is 70.4 Å². The fraction of sp³-hybridized carbons (Fsp3) is 0.259. The first kappa shape index (κ1) is 22.0. The zero-order valence-corrected chi connectivity index (χ0v) is 19.9. The molecule has 0 saturated heterocycles. The summed E-state index contributed by atoms with van der Waals surface area (Å²) < 4.78 is 16.3. The summed E-state index contributed by atoms with van der Waals surface area (Å²) in [6, 6.07) is 14.5. The van der Waals surface area contributed by atoms with Crippen molar-refractivity contribution in [3.8, 4) is 0 Å². The molecule has 0 radical (unpaired) electrons. The summed E-state index contributed by atoms with van der Waals surface area (Å²) >= 11 is 1.42. The third kappa shape index (κ3) is 4.01. The van der Waals surface area contributed by atoms with Gasteiger partial charge in [-0.2, -0.15) is 15.1 Å². The van der Waals surface area contributed by atoms with E-state index in [4.69, 9.17) is 10.5 Å². The highest BCUT2D eigenvalue weighted by atomic mass is 32.2. The number of benzene rings is 2. The van der Waals surface area contributed by atoms with Crippen molar-refractivity contribution in [2.24, 2.45) is 16.0 Å². The van der Waals surface area contributed by atoms with Crippen LogP contribution in [0.25, 0.3) is 17.0 Å². The fourth-order valence-corrected chi connectivity index (χ4v) is 6.07. The second kappa shape index (κ2) is 8.92. The molecule has 1 N–H and O–H groups in total. The highest BCUT2D eigenvalue weighted by Gasteiger charge is 2.38. The summed E-state index contributed by atoms with van der Waals surface area (Å²) in [4.78, 5) is 17.2. The van der Waals surface area contributed by atoms with Crippen LogP contribution in [0.2, 0.25) is 0 Å². The van der Waals surface area contributed by atoms with E-state index in [1.165, 1.54) is 42.1 Å². The van der Waals surface area contributed by atoms with Crippen LogP contribution in [0.3, 0.4) is 0 Å². The number of nitrogens with one attached hydrogen (secondary N) is 1. The Labute approximate surface area is 206 Å². The van der Waals surface area contributed by atoms with Crippen molar-refractivity contribution in [3.63, 3.8) is 0 Å². The number of amides is 1. The minimum absolute atomic E-state index is 0.0456. The molecule has 1 amide bonds. The predicted molar refractivity (Wildman–Crippen MR) is 139 cm³/mol. The molecule has 1 aliphatic carbocycles. The molecule has 1 saturated carbocycles. The molecule has 3 aliphatic rings. The Morgan fingerprint density at radius 1 is 1.09 bits per heavy atom. The van der Waals surface area contributed by atoms with Gasteiger partial charge in [0.05, 0.1) is 12.1 Å². The van der Waals surface area contributed by atoms with E-state index in [1.807, 2.05) is 41.1 Å². The van der Waals surface area contributed by atoms with Gasteiger partial charge in [0, 0.05) is 34.1 Å². The molecule has 0 spiro atoms. The summed E-state index contributed by atoms with van der Waals surface area (Å²) in [6.07, 6.45) is 9.44. The number of carbonyl (C=O) groups excluding carboxylic acids is 1. The maximum Gasteiger partial charge on any atom is 0.283 e. The zero-order valence-electron chi connectivity index (χ0n) is 19.1. The average Bonchev–Trinajstić information content (AvgIpc) is 3.46. The van der Waals surface area contributed by atoms with E-state index in [0.717, 1.165) is 34.4 Å². The van der Waals surface area contributed by atoms with Crippen LogP contribution in [0.5, 0.6) is 0 Å². The van der Waals surface area contributed by atoms with Crippen LogP contribution in [0.1, 0.15) is 43.2 Å². The number of thioether (sulfide) groups is 1. The number of rotatable bonds is 4.